The van der Waals surface area contributed by atoms with Crippen LogP contribution in [0.15, 0.2) is 0 Å². The number of amides is 1. The quantitative estimate of drug-likeness (QED) is 0.496. The fourth-order valence-corrected chi connectivity index (χ4v) is 1.57. The lowest BCUT2D eigenvalue weighted by Crippen LogP contribution is -2.42. The SMILES string of the molecule is COC(=O)CC[C@@H](NC(=O)CCNC1CC1)C(=O)O. The first-order valence-electron chi connectivity index (χ1n) is 6.35. The maximum absolute atomic E-state index is 11.5. The highest BCUT2D eigenvalue weighted by molar-refractivity contribution is 5.84. The van der Waals surface area contributed by atoms with Crippen LogP contribution in [0, 0.1) is 0 Å². The van der Waals surface area contributed by atoms with Crippen LogP contribution in [0.2, 0.25) is 0 Å². The number of methoxy groups -OCH3 is 1. The second kappa shape index (κ2) is 7.73. The molecule has 1 saturated carbocycles. The van der Waals surface area contributed by atoms with E-state index in [4.69, 9.17) is 5.11 Å². The Morgan fingerprint density at radius 1 is 1.32 bits per heavy atom. The molecule has 1 amide bonds. The van der Waals surface area contributed by atoms with Gasteiger partial charge in [0.1, 0.15) is 6.04 Å². The van der Waals surface area contributed by atoms with Crippen LogP contribution in [0.4, 0.5) is 0 Å². The van der Waals surface area contributed by atoms with Crippen molar-refractivity contribution in [1.82, 2.24) is 10.6 Å². The van der Waals surface area contributed by atoms with Gasteiger partial charge in [-0.15, -0.1) is 0 Å². The van der Waals surface area contributed by atoms with Gasteiger partial charge in [-0.05, 0) is 19.3 Å². The second-order valence-corrected chi connectivity index (χ2v) is 4.55. The van der Waals surface area contributed by atoms with Crippen LogP contribution in [0.3, 0.4) is 0 Å². The largest absolute Gasteiger partial charge is 0.480 e. The van der Waals surface area contributed by atoms with E-state index in [-0.39, 0.29) is 25.2 Å². The molecule has 108 valence electrons. The van der Waals surface area contributed by atoms with Crippen LogP contribution >= 0.6 is 0 Å². The molecule has 0 unspecified atom stereocenters. The van der Waals surface area contributed by atoms with Crippen molar-refractivity contribution < 1.29 is 24.2 Å². The van der Waals surface area contributed by atoms with Gasteiger partial charge in [0, 0.05) is 25.4 Å². The number of hydrogen-bond donors (Lipinski definition) is 3. The third-order valence-corrected chi connectivity index (χ3v) is 2.86. The highest BCUT2D eigenvalue weighted by Gasteiger charge is 2.22. The van der Waals surface area contributed by atoms with Crippen LogP contribution in [0.1, 0.15) is 32.1 Å². The van der Waals surface area contributed by atoms with Crippen LogP contribution in [-0.4, -0.2) is 48.7 Å². The number of esters is 1. The average molecular weight is 272 g/mol. The average Bonchev–Trinajstić information content (AvgIpc) is 3.17. The topological polar surface area (TPSA) is 105 Å². The van der Waals surface area contributed by atoms with Crippen LogP contribution in [0.5, 0.6) is 0 Å². The number of hydrogen-bond acceptors (Lipinski definition) is 5. The van der Waals surface area contributed by atoms with E-state index in [9.17, 15) is 14.4 Å². The number of rotatable bonds is 9. The molecule has 0 aliphatic heterocycles. The van der Waals surface area contributed by atoms with Gasteiger partial charge in [-0.1, -0.05) is 0 Å². The van der Waals surface area contributed by atoms with Crippen molar-refractivity contribution in [3.8, 4) is 0 Å². The molecule has 0 bridgehead atoms. The van der Waals surface area contributed by atoms with Gasteiger partial charge in [-0.2, -0.15) is 0 Å². The van der Waals surface area contributed by atoms with Crippen LogP contribution in [0.25, 0.3) is 0 Å². The standard InChI is InChI=1S/C12H20N2O5/c1-19-11(16)5-4-9(12(17)18)14-10(15)6-7-13-8-2-3-8/h8-9,13H,2-7H2,1H3,(H,14,15)(H,17,18)/t9-/m1/s1. The number of carbonyl (C=O) groups is 3. The van der Waals surface area contributed by atoms with Crippen LogP contribution in [-0.2, 0) is 19.1 Å². The highest BCUT2D eigenvalue weighted by atomic mass is 16.5. The Bertz CT molecular complexity index is 341. The van der Waals surface area contributed by atoms with Gasteiger partial charge < -0.3 is 20.5 Å². The number of aliphatic carboxylic acids is 1. The lowest BCUT2D eigenvalue weighted by atomic mass is 10.1. The van der Waals surface area contributed by atoms with Gasteiger partial charge in [-0.25, -0.2) is 4.79 Å². The van der Waals surface area contributed by atoms with E-state index < -0.39 is 18.0 Å². The molecule has 1 fully saturated rings. The Morgan fingerprint density at radius 2 is 2.00 bits per heavy atom. The van der Waals surface area contributed by atoms with E-state index in [1.807, 2.05) is 0 Å². The first kappa shape index (κ1) is 15.4. The first-order valence-corrected chi connectivity index (χ1v) is 6.35. The number of carboxylic acid groups (broad SMARTS) is 1. The summed E-state index contributed by atoms with van der Waals surface area (Å²) < 4.78 is 4.43. The van der Waals surface area contributed by atoms with E-state index >= 15 is 0 Å². The number of carboxylic acids is 1. The molecule has 0 heterocycles. The fraction of sp³-hybridized carbons (Fsp3) is 0.750. The maximum Gasteiger partial charge on any atom is 0.326 e. The van der Waals surface area contributed by atoms with Crippen molar-refractivity contribution in [1.29, 1.82) is 0 Å². The Hall–Kier alpha value is -1.63. The Labute approximate surface area is 111 Å². The zero-order chi connectivity index (χ0) is 14.3. The summed E-state index contributed by atoms with van der Waals surface area (Å²) in [6.07, 6.45) is 2.51. The molecule has 0 aromatic carbocycles. The third kappa shape index (κ3) is 6.76. The van der Waals surface area contributed by atoms with Crippen molar-refractivity contribution in [2.45, 2.75) is 44.2 Å². The normalized spacial score (nSPS) is 15.6. The number of carbonyl (C=O) groups excluding carboxylic acids is 2. The van der Waals surface area contributed by atoms with Crippen LogP contribution < -0.4 is 10.6 Å². The minimum absolute atomic E-state index is 0.0315. The summed E-state index contributed by atoms with van der Waals surface area (Å²) in [6.45, 7) is 0.542. The molecule has 3 N–H and O–H groups in total. The minimum atomic E-state index is -1.15. The van der Waals surface area contributed by atoms with E-state index in [0.717, 1.165) is 12.8 Å². The molecule has 1 rings (SSSR count). The zero-order valence-electron chi connectivity index (χ0n) is 11.0. The third-order valence-electron chi connectivity index (χ3n) is 2.86. The van der Waals surface area contributed by atoms with E-state index in [1.54, 1.807) is 0 Å². The predicted molar refractivity (Wildman–Crippen MR) is 66.5 cm³/mol. The summed E-state index contributed by atoms with van der Waals surface area (Å²) in [7, 11) is 1.24. The molecule has 0 aromatic rings. The van der Waals surface area contributed by atoms with Crippen molar-refractivity contribution in [2.24, 2.45) is 0 Å². The molecular formula is C12H20N2O5. The summed E-state index contributed by atoms with van der Waals surface area (Å²) in [5.41, 5.74) is 0. The summed E-state index contributed by atoms with van der Waals surface area (Å²) in [5.74, 6) is -1.96. The molecular weight excluding hydrogens is 252 g/mol. The Kier molecular flexibility index (Phi) is 6.27. The van der Waals surface area contributed by atoms with Gasteiger partial charge >= 0.3 is 11.9 Å². The molecule has 0 aromatic heterocycles. The molecule has 7 nitrogen and oxygen atoms in total. The number of ether oxygens (including phenoxy) is 1. The van der Waals surface area contributed by atoms with Gasteiger partial charge in [0.2, 0.25) is 5.91 Å². The second-order valence-electron chi connectivity index (χ2n) is 4.55. The van der Waals surface area contributed by atoms with Crippen molar-refractivity contribution >= 4 is 17.8 Å². The summed E-state index contributed by atoms with van der Waals surface area (Å²) in [6, 6.07) is -0.532. The molecule has 1 atom stereocenters. The predicted octanol–water partition coefficient (Wildman–Crippen LogP) is -0.349. The summed E-state index contributed by atoms with van der Waals surface area (Å²) in [4.78, 5) is 33.4. The zero-order valence-corrected chi connectivity index (χ0v) is 11.0. The van der Waals surface area contributed by atoms with Crippen molar-refractivity contribution in [3.63, 3.8) is 0 Å². The monoisotopic (exact) mass is 272 g/mol. The van der Waals surface area contributed by atoms with Gasteiger partial charge in [0.15, 0.2) is 0 Å². The smallest absolute Gasteiger partial charge is 0.326 e. The lowest BCUT2D eigenvalue weighted by molar-refractivity contribution is -0.144. The van der Waals surface area contributed by atoms with Gasteiger partial charge in [0.25, 0.3) is 0 Å². The van der Waals surface area contributed by atoms with Gasteiger partial charge in [-0.3, -0.25) is 9.59 Å². The lowest BCUT2D eigenvalue weighted by Gasteiger charge is -2.14. The van der Waals surface area contributed by atoms with Crippen molar-refractivity contribution in [2.75, 3.05) is 13.7 Å². The fourth-order valence-electron chi connectivity index (χ4n) is 1.57. The minimum Gasteiger partial charge on any atom is -0.480 e. The maximum atomic E-state index is 11.5. The Balaban J connectivity index is 2.23. The van der Waals surface area contributed by atoms with E-state index in [2.05, 4.69) is 15.4 Å². The molecule has 1 aliphatic carbocycles. The Morgan fingerprint density at radius 3 is 2.53 bits per heavy atom. The molecule has 0 radical (unpaired) electrons. The van der Waals surface area contributed by atoms with Gasteiger partial charge in [0.05, 0.1) is 7.11 Å². The van der Waals surface area contributed by atoms with E-state index in [1.165, 1.54) is 7.11 Å². The molecule has 0 spiro atoms. The van der Waals surface area contributed by atoms with E-state index in [0.29, 0.717) is 12.6 Å². The van der Waals surface area contributed by atoms with Crippen molar-refractivity contribution in [3.05, 3.63) is 0 Å². The molecule has 19 heavy (non-hydrogen) atoms. The molecule has 0 saturated heterocycles. The molecule has 1 aliphatic rings. The summed E-state index contributed by atoms with van der Waals surface area (Å²) in [5, 5.41) is 14.5. The number of nitrogens with one attached hydrogen (secondary N) is 2. The summed E-state index contributed by atoms with van der Waals surface area (Å²) >= 11 is 0. The first-order chi connectivity index (χ1) is 9.02. The highest BCUT2D eigenvalue weighted by Crippen LogP contribution is 2.18. The molecule has 7 heteroatoms.